The van der Waals surface area contributed by atoms with E-state index in [0.717, 1.165) is 30.8 Å². The number of aliphatic imine (C=N–C) groups is 1. The predicted molar refractivity (Wildman–Crippen MR) is 124 cm³/mol. The Balaban J connectivity index is 0.00000280. The lowest BCUT2D eigenvalue weighted by Gasteiger charge is -2.30. The van der Waals surface area contributed by atoms with Gasteiger partial charge in [-0.3, -0.25) is 14.6 Å². The van der Waals surface area contributed by atoms with Crippen molar-refractivity contribution in [3.8, 4) is 0 Å². The van der Waals surface area contributed by atoms with Crippen LogP contribution in [0.1, 0.15) is 36.7 Å². The fourth-order valence-corrected chi connectivity index (χ4v) is 3.39. The minimum atomic E-state index is 0. The Hall–Kier alpha value is -1.68. The van der Waals surface area contributed by atoms with Crippen LogP contribution in [0, 0.1) is 5.92 Å². The molecule has 8 heteroatoms. The van der Waals surface area contributed by atoms with Gasteiger partial charge in [0.15, 0.2) is 5.96 Å². The quantitative estimate of drug-likeness (QED) is 0.365. The van der Waals surface area contributed by atoms with Crippen molar-refractivity contribution < 1.29 is 0 Å². The van der Waals surface area contributed by atoms with Gasteiger partial charge >= 0.3 is 0 Å². The monoisotopic (exact) mass is 497 g/mol. The molecule has 0 spiro atoms. The second kappa shape index (κ2) is 11.4. The molecule has 1 fully saturated rings. The van der Waals surface area contributed by atoms with Crippen LogP contribution in [0.5, 0.6) is 0 Å². The third-order valence-electron chi connectivity index (χ3n) is 5.28. The summed E-state index contributed by atoms with van der Waals surface area (Å²) in [4.78, 5) is 11.1. The van der Waals surface area contributed by atoms with Crippen molar-refractivity contribution in [3.63, 3.8) is 0 Å². The Kier molecular flexibility index (Phi) is 9.17. The van der Waals surface area contributed by atoms with Gasteiger partial charge < -0.3 is 10.6 Å². The number of nitrogens with zero attached hydrogens (tertiary/aromatic N) is 5. The van der Waals surface area contributed by atoms with Crippen molar-refractivity contribution in [1.29, 1.82) is 0 Å². The smallest absolute Gasteiger partial charge is 0.191 e. The van der Waals surface area contributed by atoms with E-state index >= 15 is 0 Å². The normalized spacial score (nSPS) is 15.9. The van der Waals surface area contributed by atoms with Gasteiger partial charge in [0, 0.05) is 27.2 Å². The third-order valence-corrected chi connectivity index (χ3v) is 5.28. The lowest BCUT2D eigenvalue weighted by atomic mass is 9.98. The van der Waals surface area contributed by atoms with Crippen LogP contribution in [0.2, 0.25) is 0 Å². The Morgan fingerprint density at radius 3 is 2.46 bits per heavy atom. The van der Waals surface area contributed by atoms with E-state index in [1.807, 2.05) is 7.05 Å². The number of nitrogens with one attached hydrogen (secondary N) is 2. The molecule has 154 valence electrons. The van der Waals surface area contributed by atoms with E-state index in [2.05, 4.69) is 61.8 Å². The van der Waals surface area contributed by atoms with Crippen LogP contribution in [0.15, 0.2) is 35.6 Å². The van der Waals surface area contributed by atoms with E-state index in [1.165, 1.54) is 37.1 Å². The molecule has 2 N–H and O–H groups in total. The summed E-state index contributed by atoms with van der Waals surface area (Å²) in [6.45, 7) is 7.11. The summed E-state index contributed by atoms with van der Waals surface area (Å²) in [7, 11) is 3.67. The van der Waals surface area contributed by atoms with E-state index in [4.69, 9.17) is 0 Å². The summed E-state index contributed by atoms with van der Waals surface area (Å²) >= 11 is 0. The van der Waals surface area contributed by atoms with Crippen LogP contribution in [0.4, 0.5) is 0 Å². The summed E-state index contributed by atoms with van der Waals surface area (Å²) in [6.07, 6.45) is 4.17. The molecule has 0 unspecified atom stereocenters. The van der Waals surface area contributed by atoms with Gasteiger partial charge in [-0.2, -0.15) is 5.10 Å². The van der Waals surface area contributed by atoms with Crippen molar-refractivity contribution in [2.45, 2.75) is 39.4 Å². The SMILES string of the molecule is CN=C(NCc1ccccc1CN1CCC(C)CC1)NCc1ncnn1C.I. The van der Waals surface area contributed by atoms with Crippen LogP contribution in [0.3, 0.4) is 0 Å². The van der Waals surface area contributed by atoms with Crippen LogP contribution in [-0.2, 0) is 26.7 Å². The molecule has 28 heavy (non-hydrogen) atoms. The van der Waals surface area contributed by atoms with Gasteiger partial charge in [0.2, 0.25) is 0 Å². The molecule has 7 nitrogen and oxygen atoms in total. The fraction of sp³-hybridized carbons (Fsp3) is 0.550. The van der Waals surface area contributed by atoms with Crippen molar-refractivity contribution >= 4 is 29.9 Å². The summed E-state index contributed by atoms with van der Waals surface area (Å²) in [5.74, 6) is 2.50. The van der Waals surface area contributed by atoms with Crippen LogP contribution >= 0.6 is 24.0 Å². The van der Waals surface area contributed by atoms with Crippen LogP contribution in [-0.4, -0.2) is 45.8 Å². The van der Waals surface area contributed by atoms with Crippen LogP contribution < -0.4 is 10.6 Å². The maximum absolute atomic E-state index is 4.31. The van der Waals surface area contributed by atoms with E-state index in [1.54, 1.807) is 18.1 Å². The molecule has 0 bridgehead atoms. The molecule has 0 radical (unpaired) electrons. The summed E-state index contributed by atoms with van der Waals surface area (Å²) in [6, 6.07) is 8.68. The van der Waals surface area contributed by atoms with Gasteiger partial charge in [0.05, 0.1) is 6.54 Å². The van der Waals surface area contributed by atoms with E-state index < -0.39 is 0 Å². The van der Waals surface area contributed by atoms with Crippen molar-refractivity contribution in [2.75, 3.05) is 20.1 Å². The van der Waals surface area contributed by atoms with Gasteiger partial charge in [-0.1, -0.05) is 31.2 Å². The zero-order chi connectivity index (χ0) is 19.1. The van der Waals surface area contributed by atoms with Gasteiger partial charge in [0.25, 0.3) is 0 Å². The Bertz CT molecular complexity index is 751. The third kappa shape index (κ3) is 6.44. The number of halogens is 1. The Labute approximate surface area is 185 Å². The molecule has 0 aliphatic carbocycles. The predicted octanol–water partition coefficient (Wildman–Crippen LogP) is 2.53. The number of hydrogen-bond donors (Lipinski definition) is 2. The standard InChI is InChI=1S/C20H31N7.HI/c1-16-8-10-27(11-9-16)14-18-7-5-4-6-17(18)12-22-20(21-2)23-13-19-24-15-25-26(19)3;/h4-7,15-16H,8-14H2,1-3H3,(H2,21,22,23);1H. The molecule has 1 aliphatic rings. The summed E-state index contributed by atoms with van der Waals surface area (Å²) < 4.78 is 1.76. The Morgan fingerprint density at radius 2 is 1.82 bits per heavy atom. The van der Waals surface area contributed by atoms with Crippen molar-refractivity contribution in [1.82, 2.24) is 30.3 Å². The molecule has 3 rings (SSSR count). The molecule has 0 saturated carbocycles. The van der Waals surface area contributed by atoms with Gasteiger partial charge in [-0.05, 0) is 43.0 Å². The van der Waals surface area contributed by atoms with Crippen LogP contribution in [0.25, 0.3) is 0 Å². The van der Waals surface area contributed by atoms with Gasteiger partial charge in [0.1, 0.15) is 12.2 Å². The summed E-state index contributed by atoms with van der Waals surface area (Å²) in [5, 5.41) is 10.8. The molecule has 2 heterocycles. The molecule has 1 aromatic carbocycles. The van der Waals surface area contributed by atoms with Gasteiger partial charge in [-0.15, -0.1) is 24.0 Å². The number of benzene rings is 1. The number of likely N-dealkylation sites (tertiary alicyclic amines) is 1. The highest BCUT2D eigenvalue weighted by Gasteiger charge is 2.16. The molecular formula is C20H32IN7. The minimum absolute atomic E-state index is 0. The first-order valence-corrected chi connectivity index (χ1v) is 9.72. The number of aryl methyl sites for hydroxylation is 1. The second-order valence-corrected chi connectivity index (χ2v) is 7.31. The number of piperidine rings is 1. The molecule has 0 atom stereocenters. The number of rotatable bonds is 6. The summed E-state index contributed by atoms with van der Waals surface area (Å²) in [5.41, 5.74) is 2.71. The number of guanidine groups is 1. The van der Waals surface area contributed by atoms with E-state index in [0.29, 0.717) is 6.54 Å². The van der Waals surface area contributed by atoms with Crippen molar-refractivity contribution in [2.24, 2.45) is 18.0 Å². The average molecular weight is 497 g/mol. The number of aromatic nitrogens is 3. The molecule has 1 aromatic heterocycles. The largest absolute Gasteiger partial charge is 0.352 e. The minimum Gasteiger partial charge on any atom is -0.352 e. The maximum Gasteiger partial charge on any atom is 0.191 e. The topological polar surface area (TPSA) is 70.4 Å². The highest BCUT2D eigenvalue weighted by atomic mass is 127. The number of hydrogen-bond acceptors (Lipinski definition) is 4. The fourth-order valence-electron chi connectivity index (χ4n) is 3.39. The first-order chi connectivity index (χ1) is 13.2. The lowest BCUT2D eigenvalue weighted by Crippen LogP contribution is -2.37. The molecule has 1 aliphatic heterocycles. The molecule has 1 saturated heterocycles. The molecule has 2 aromatic rings. The first kappa shape index (κ1) is 22.6. The second-order valence-electron chi connectivity index (χ2n) is 7.31. The van der Waals surface area contributed by atoms with Crippen molar-refractivity contribution in [3.05, 3.63) is 47.5 Å². The molecular weight excluding hydrogens is 465 g/mol. The zero-order valence-corrected chi connectivity index (χ0v) is 19.4. The highest BCUT2D eigenvalue weighted by Crippen LogP contribution is 2.19. The first-order valence-electron chi connectivity index (χ1n) is 9.72. The van der Waals surface area contributed by atoms with E-state index in [-0.39, 0.29) is 24.0 Å². The Morgan fingerprint density at radius 1 is 1.14 bits per heavy atom. The van der Waals surface area contributed by atoms with E-state index in [9.17, 15) is 0 Å². The lowest BCUT2D eigenvalue weighted by molar-refractivity contribution is 0.185. The maximum atomic E-state index is 4.31. The molecule has 0 amide bonds. The average Bonchev–Trinajstić information content (AvgIpc) is 3.10. The van der Waals surface area contributed by atoms with Gasteiger partial charge in [-0.25, -0.2) is 4.98 Å². The highest BCUT2D eigenvalue weighted by molar-refractivity contribution is 14.0. The zero-order valence-electron chi connectivity index (χ0n) is 17.1.